The van der Waals surface area contributed by atoms with E-state index < -0.39 is 0 Å². The number of carbonyl (C=O) groups excluding carboxylic acids is 1. The van der Waals surface area contributed by atoms with E-state index in [9.17, 15) is 4.79 Å². The van der Waals surface area contributed by atoms with Gasteiger partial charge in [-0.15, -0.1) is 0 Å². The Labute approximate surface area is 164 Å². The Balaban J connectivity index is 2.07. The van der Waals surface area contributed by atoms with Crippen molar-refractivity contribution in [3.05, 3.63) is 54.3 Å². The van der Waals surface area contributed by atoms with Crippen LogP contribution in [-0.2, 0) is 4.79 Å². The third kappa shape index (κ3) is 4.03. The SMILES string of the molecule is COc1ccc(-c2coc3cc(OC)c(/C(C)=C/C(=O)NC(C)C)cc23)cc1. The summed E-state index contributed by atoms with van der Waals surface area (Å²) in [7, 11) is 3.25. The van der Waals surface area contributed by atoms with Gasteiger partial charge >= 0.3 is 0 Å². The number of methoxy groups -OCH3 is 2. The average molecular weight is 379 g/mol. The van der Waals surface area contributed by atoms with Crippen LogP contribution in [0.5, 0.6) is 11.5 Å². The number of allylic oxidation sites excluding steroid dienone is 1. The molecule has 0 atom stereocenters. The average Bonchev–Trinajstić information content (AvgIpc) is 3.09. The smallest absolute Gasteiger partial charge is 0.244 e. The van der Waals surface area contributed by atoms with Crippen LogP contribution in [0.4, 0.5) is 0 Å². The molecule has 1 aromatic heterocycles. The molecule has 2 aromatic carbocycles. The molecule has 5 nitrogen and oxygen atoms in total. The largest absolute Gasteiger partial charge is 0.497 e. The van der Waals surface area contributed by atoms with Gasteiger partial charge in [-0.2, -0.15) is 0 Å². The first kappa shape index (κ1) is 19.5. The number of hydrogen-bond acceptors (Lipinski definition) is 4. The zero-order valence-corrected chi connectivity index (χ0v) is 16.8. The molecule has 0 saturated carbocycles. The summed E-state index contributed by atoms with van der Waals surface area (Å²) >= 11 is 0. The van der Waals surface area contributed by atoms with Crippen molar-refractivity contribution in [1.82, 2.24) is 5.32 Å². The van der Waals surface area contributed by atoms with Crippen LogP contribution in [0.15, 0.2) is 53.2 Å². The van der Waals surface area contributed by atoms with Crippen molar-refractivity contribution in [3.63, 3.8) is 0 Å². The van der Waals surface area contributed by atoms with Crippen molar-refractivity contribution >= 4 is 22.4 Å². The maximum atomic E-state index is 12.1. The van der Waals surface area contributed by atoms with Crippen LogP contribution in [0.1, 0.15) is 26.3 Å². The molecule has 0 saturated heterocycles. The van der Waals surface area contributed by atoms with E-state index in [2.05, 4.69) is 5.32 Å². The fourth-order valence-electron chi connectivity index (χ4n) is 3.13. The number of amides is 1. The summed E-state index contributed by atoms with van der Waals surface area (Å²) in [6.07, 6.45) is 3.33. The Kier molecular flexibility index (Phi) is 5.73. The van der Waals surface area contributed by atoms with Gasteiger partial charge in [-0.3, -0.25) is 4.79 Å². The molecule has 1 amide bonds. The molecular weight excluding hydrogens is 354 g/mol. The molecule has 0 fully saturated rings. The fourth-order valence-corrected chi connectivity index (χ4v) is 3.13. The van der Waals surface area contributed by atoms with Crippen LogP contribution in [0.2, 0.25) is 0 Å². The van der Waals surface area contributed by atoms with Crippen LogP contribution in [0, 0.1) is 0 Å². The first-order chi connectivity index (χ1) is 13.4. The molecule has 1 heterocycles. The molecule has 0 aliphatic rings. The van der Waals surface area contributed by atoms with Gasteiger partial charge < -0.3 is 19.2 Å². The zero-order valence-electron chi connectivity index (χ0n) is 16.8. The van der Waals surface area contributed by atoms with Gasteiger partial charge in [0, 0.05) is 34.7 Å². The number of furan rings is 1. The monoisotopic (exact) mass is 379 g/mol. The molecule has 146 valence electrons. The van der Waals surface area contributed by atoms with Gasteiger partial charge in [0.25, 0.3) is 0 Å². The summed E-state index contributed by atoms with van der Waals surface area (Å²) in [6.45, 7) is 5.76. The van der Waals surface area contributed by atoms with Gasteiger partial charge in [0.05, 0.1) is 20.5 Å². The minimum atomic E-state index is -0.128. The van der Waals surface area contributed by atoms with Crippen LogP contribution in [0.25, 0.3) is 27.7 Å². The van der Waals surface area contributed by atoms with E-state index in [-0.39, 0.29) is 11.9 Å². The highest BCUT2D eigenvalue weighted by Gasteiger charge is 2.15. The normalized spacial score (nSPS) is 11.7. The van der Waals surface area contributed by atoms with Crippen LogP contribution in [-0.4, -0.2) is 26.2 Å². The Morgan fingerprint density at radius 1 is 1.11 bits per heavy atom. The lowest BCUT2D eigenvalue weighted by molar-refractivity contribution is -0.116. The molecule has 0 radical (unpaired) electrons. The highest BCUT2D eigenvalue weighted by atomic mass is 16.5. The maximum absolute atomic E-state index is 12.1. The molecule has 3 rings (SSSR count). The predicted octanol–water partition coefficient (Wildman–Crippen LogP) is 5.04. The first-order valence-electron chi connectivity index (χ1n) is 9.15. The molecule has 0 aliphatic carbocycles. The van der Waals surface area contributed by atoms with E-state index in [0.717, 1.165) is 39.0 Å². The lowest BCUT2D eigenvalue weighted by Crippen LogP contribution is -2.28. The summed E-state index contributed by atoms with van der Waals surface area (Å²) in [4.78, 5) is 12.1. The second-order valence-corrected chi connectivity index (χ2v) is 6.92. The van der Waals surface area contributed by atoms with E-state index in [1.165, 1.54) is 0 Å². The number of rotatable bonds is 6. The molecule has 1 N–H and O–H groups in total. The summed E-state index contributed by atoms with van der Waals surface area (Å²) in [5.41, 5.74) is 4.39. The maximum Gasteiger partial charge on any atom is 0.244 e. The fraction of sp³-hybridized carbons (Fsp3) is 0.261. The number of benzene rings is 2. The second-order valence-electron chi connectivity index (χ2n) is 6.92. The van der Waals surface area contributed by atoms with E-state index in [4.69, 9.17) is 13.9 Å². The first-order valence-corrected chi connectivity index (χ1v) is 9.15. The predicted molar refractivity (Wildman–Crippen MR) is 112 cm³/mol. The lowest BCUT2D eigenvalue weighted by Gasteiger charge is -2.11. The van der Waals surface area contributed by atoms with E-state index in [1.54, 1.807) is 26.6 Å². The Bertz CT molecular complexity index is 1010. The van der Waals surface area contributed by atoms with Gasteiger partial charge in [-0.05, 0) is 50.1 Å². The van der Waals surface area contributed by atoms with Crippen molar-refractivity contribution in [2.75, 3.05) is 14.2 Å². The van der Waals surface area contributed by atoms with Crippen LogP contribution in [0.3, 0.4) is 0 Å². The molecule has 0 aliphatic heterocycles. The quantitative estimate of drug-likeness (QED) is 0.609. The number of nitrogens with one attached hydrogen (secondary N) is 1. The highest BCUT2D eigenvalue weighted by Crippen LogP contribution is 2.37. The zero-order chi connectivity index (χ0) is 20.3. The van der Waals surface area contributed by atoms with Gasteiger partial charge in [-0.1, -0.05) is 12.1 Å². The summed E-state index contributed by atoms with van der Waals surface area (Å²) < 4.78 is 16.5. The minimum absolute atomic E-state index is 0.0801. The van der Waals surface area contributed by atoms with E-state index in [0.29, 0.717) is 5.75 Å². The number of fused-ring (bicyclic) bond motifs is 1. The highest BCUT2D eigenvalue weighted by molar-refractivity contribution is 6.00. The van der Waals surface area contributed by atoms with Gasteiger partial charge in [0.2, 0.25) is 5.91 Å². The molecule has 28 heavy (non-hydrogen) atoms. The number of hydrogen-bond donors (Lipinski definition) is 1. The lowest BCUT2D eigenvalue weighted by atomic mass is 9.99. The number of carbonyl (C=O) groups is 1. The molecule has 0 bridgehead atoms. The van der Waals surface area contributed by atoms with Gasteiger partial charge in [0.1, 0.15) is 17.1 Å². The van der Waals surface area contributed by atoms with Crippen LogP contribution < -0.4 is 14.8 Å². The number of ether oxygens (including phenoxy) is 2. The molecular formula is C23H25NO4. The molecule has 3 aromatic rings. The standard InChI is InChI=1S/C23H25NO4/c1-14(2)24-23(25)10-15(3)18-11-19-20(13-28-22(19)12-21(18)27-5)16-6-8-17(26-4)9-7-16/h6-14H,1-5H3,(H,24,25)/b15-10+. The van der Waals surface area contributed by atoms with Gasteiger partial charge in [-0.25, -0.2) is 0 Å². The Morgan fingerprint density at radius 3 is 2.43 bits per heavy atom. The summed E-state index contributed by atoms with van der Waals surface area (Å²) in [5, 5.41) is 3.83. The third-order valence-corrected chi connectivity index (χ3v) is 4.50. The Hall–Kier alpha value is -3.21. The van der Waals surface area contributed by atoms with E-state index >= 15 is 0 Å². The second kappa shape index (κ2) is 8.21. The minimum Gasteiger partial charge on any atom is -0.497 e. The molecule has 0 unspecified atom stereocenters. The molecule has 5 heteroatoms. The van der Waals surface area contributed by atoms with Crippen molar-refractivity contribution in [1.29, 1.82) is 0 Å². The van der Waals surface area contributed by atoms with Crippen molar-refractivity contribution in [2.24, 2.45) is 0 Å². The molecule has 0 spiro atoms. The summed E-state index contributed by atoms with van der Waals surface area (Å²) in [5.74, 6) is 1.33. The Morgan fingerprint density at radius 2 is 1.82 bits per heavy atom. The van der Waals surface area contributed by atoms with Crippen molar-refractivity contribution in [2.45, 2.75) is 26.8 Å². The summed E-state index contributed by atoms with van der Waals surface area (Å²) in [6, 6.07) is 11.8. The van der Waals surface area contributed by atoms with Gasteiger partial charge in [0.15, 0.2) is 0 Å². The third-order valence-electron chi connectivity index (χ3n) is 4.50. The van der Waals surface area contributed by atoms with Crippen LogP contribution >= 0.6 is 0 Å². The topological polar surface area (TPSA) is 60.7 Å². The van der Waals surface area contributed by atoms with Crippen molar-refractivity contribution < 1.29 is 18.7 Å². The van der Waals surface area contributed by atoms with Crippen molar-refractivity contribution in [3.8, 4) is 22.6 Å². The van der Waals surface area contributed by atoms with E-state index in [1.807, 2.05) is 57.2 Å².